The molecule has 9 nitrogen and oxygen atoms in total. The Labute approximate surface area is 166 Å². The zero-order valence-electron chi connectivity index (χ0n) is 15.4. The third-order valence-electron chi connectivity index (χ3n) is 3.98. The number of aromatic nitrogens is 2. The molecule has 148 valence electrons. The average molecular weight is 392 g/mol. The second-order valence-corrected chi connectivity index (χ2v) is 6.16. The van der Waals surface area contributed by atoms with Crippen LogP contribution in [-0.2, 0) is 4.79 Å². The average Bonchev–Trinajstić information content (AvgIpc) is 3.19. The molecule has 0 aliphatic rings. The Balaban J connectivity index is 1.65. The smallest absolute Gasteiger partial charge is 0.319 e. The van der Waals surface area contributed by atoms with Crippen molar-refractivity contribution in [3.05, 3.63) is 66.4 Å². The van der Waals surface area contributed by atoms with Crippen LogP contribution in [0.5, 0.6) is 0 Å². The van der Waals surface area contributed by atoms with Gasteiger partial charge in [0.1, 0.15) is 0 Å². The number of carbonyl (C=O) groups excluding carboxylic acids is 3. The maximum atomic E-state index is 12.7. The number of H-pyrrole nitrogens is 1. The van der Waals surface area contributed by atoms with E-state index in [-0.39, 0.29) is 18.9 Å². The number of benzene rings is 2. The number of urea groups is 1. The molecule has 3 rings (SSSR count). The summed E-state index contributed by atoms with van der Waals surface area (Å²) in [6, 6.07) is 15.6. The molecule has 1 heterocycles. The molecule has 0 fully saturated rings. The highest BCUT2D eigenvalue weighted by atomic mass is 16.2. The maximum Gasteiger partial charge on any atom is 0.319 e. The van der Waals surface area contributed by atoms with Gasteiger partial charge in [-0.1, -0.05) is 36.4 Å². The van der Waals surface area contributed by atoms with Crippen molar-refractivity contribution in [2.75, 3.05) is 17.2 Å². The zero-order valence-corrected chi connectivity index (χ0v) is 15.4. The second kappa shape index (κ2) is 9.18. The first kappa shape index (κ1) is 19.6. The number of amides is 4. The highest BCUT2D eigenvalue weighted by Crippen LogP contribution is 2.22. The van der Waals surface area contributed by atoms with Crippen molar-refractivity contribution in [1.82, 2.24) is 15.5 Å². The van der Waals surface area contributed by atoms with Gasteiger partial charge in [-0.15, -0.1) is 0 Å². The fourth-order valence-corrected chi connectivity index (χ4v) is 2.63. The topological polar surface area (TPSA) is 142 Å². The minimum atomic E-state index is -0.496. The summed E-state index contributed by atoms with van der Waals surface area (Å²) in [4.78, 5) is 35.2. The summed E-state index contributed by atoms with van der Waals surface area (Å²) in [6.45, 7) is 0.139. The number of carbonyl (C=O) groups is 3. The van der Waals surface area contributed by atoms with Gasteiger partial charge in [-0.05, 0) is 18.2 Å². The van der Waals surface area contributed by atoms with Crippen molar-refractivity contribution in [3.8, 4) is 11.3 Å². The minimum absolute atomic E-state index is 0.0535. The number of nitrogens with two attached hydrogens (primary N) is 1. The highest BCUT2D eigenvalue weighted by molar-refractivity contribution is 6.08. The van der Waals surface area contributed by atoms with Crippen LogP contribution in [-0.4, -0.2) is 34.6 Å². The lowest BCUT2D eigenvalue weighted by molar-refractivity contribution is -0.117. The number of anilines is 2. The van der Waals surface area contributed by atoms with Gasteiger partial charge < -0.3 is 21.7 Å². The van der Waals surface area contributed by atoms with E-state index in [1.165, 1.54) is 6.20 Å². The monoisotopic (exact) mass is 392 g/mol. The van der Waals surface area contributed by atoms with Crippen molar-refractivity contribution in [3.63, 3.8) is 0 Å². The molecule has 4 amide bonds. The van der Waals surface area contributed by atoms with E-state index in [1.807, 2.05) is 30.3 Å². The summed E-state index contributed by atoms with van der Waals surface area (Å²) < 4.78 is 0. The van der Waals surface area contributed by atoms with E-state index in [2.05, 4.69) is 26.1 Å². The van der Waals surface area contributed by atoms with Crippen molar-refractivity contribution < 1.29 is 14.4 Å². The lowest BCUT2D eigenvalue weighted by Gasteiger charge is -2.10. The SMILES string of the molecule is NC(=O)CCNC(=O)Nc1cccc(NC(=O)c2cn[nH]c2-c2ccccc2)c1. The van der Waals surface area contributed by atoms with Gasteiger partial charge in [0, 0.05) is 29.9 Å². The van der Waals surface area contributed by atoms with E-state index in [0.717, 1.165) is 5.56 Å². The Hall–Kier alpha value is -4.14. The van der Waals surface area contributed by atoms with Crippen LogP contribution in [0.15, 0.2) is 60.8 Å². The largest absolute Gasteiger partial charge is 0.370 e. The molecule has 0 bridgehead atoms. The summed E-state index contributed by atoms with van der Waals surface area (Å²) in [5, 5.41) is 14.8. The molecule has 0 aliphatic carbocycles. The van der Waals surface area contributed by atoms with Crippen molar-refractivity contribution >= 4 is 29.2 Å². The highest BCUT2D eigenvalue weighted by Gasteiger charge is 2.15. The molecule has 0 spiro atoms. The minimum Gasteiger partial charge on any atom is -0.370 e. The summed E-state index contributed by atoms with van der Waals surface area (Å²) in [5.41, 5.74) is 7.88. The standard InChI is InChI=1S/C20H20N6O3/c21-17(27)9-10-22-20(29)25-15-8-4-7-14(11-15)24-19(28)16-12-23-26-18(16)13-5-2-1-3-6-13/h1-8,11-12H,9-10H2,(H2,21,27)(H,23,26)(H,24,28)(H2,22,25,29). The lowest BCUT2D eigenvalue weighted by atomic mass is 10.1. The van der Waals surface area contributed by atoms with E-state index in [9.17, 15) is 14.4 Å². The molecule has 3 aromatic rings. The normalized spacial score (nSPS) is 10.2. The Kier molecular flexibility index (Phi) is 6.21. The predicted octanol–water partition coefficient (Wildman–Crippen LogP) is 2.33. The van der Waals surface area contributed by atoms with E-state index in [4.69, 9.17) is 5.73 Å². The van der Waals surface area contributed by atoms with Crippen molar-refractivity contribution in [2.45, 2.75) is 6.42 Å². The fourth-order valence-electron chi connectivity index (χ4n) is 2.63. The second-order valence-electron chi connectivity index (χ2n) is 6.16. The summed E-state index contributed by atoms with van der Waals surface area (Å²) in [5.74, 6) is -0.829. The molecule has 0 atom stereocenters. The van der Waals surface area contributed by atoms with Gasteiger partial charge in [-0.3, -0.25) is 14.7 Å². The molecular weight excluding hydrogens is 372 g/mol. The predicted molar refractivity (Wildman–Crippen MR) is 109 cm³/mol. The van der Waals surface area contributed by atoms with Crippen LogP contribution in [0.3, 0.4) is 0 Å². The third-order valence-corrected chi connectivity index (χ3v) is 3.98. The summed E-state index contributed by atoms with van der Waals surface area (Å²) in [6.07, 6.45) is 1.52. The van der Waals surface area contributed by atoms with Crippen LogP contribution in [0.2, 0.25) is 0 Å². The molecule has 0 saturated carbocycles. The summed E-state index contributed by atoms with van der Waals surface area (Å²) >= 11 is 0. The number of nitrogens with one attached hydrogen (secondary N) is 4. The first-order valence-corrected chi connectivity index (χ1v) is 8.86. The van der Waals surface area contributed by atoms with Crippen molar-refractivity contribution in [2.24, 2.45) is 5.73 Å². The van der Waals surface area contributed by atoms with E-state index in [0.29, 0.717) is 22.6 Å². The number of hydrogen-bond acceptors (Lipinski definition) is 4. The molecule has 29 heavy (non-hydrogen) atoms. The number of rotatable bonds is 7. The molecule has 9 heteroatoms. The third kappa shape index (κ3) is 5.42. The molecular formula is C20H20N6O3. The van der Waals surface area contributed by atoms with Gasteiger partial charge in [0.2, 0.25) is 5.91 Å². The van der Waals surface area contributed by atoms with Crippen LogP contribution in [0.25, 0.3) is 11.3 Å². The van der Waals surface area contributed by atoms with Crippen LogP contribution in [0.1, 0.15) is 16.8 Å². The molecule has 1 aromatic heterocycles. The first-order chi connectivity index (χ1) is 14.0. The molecule has 6 N–H and O–H groups in total. The fraction of sp³-hybridized carbons (Fsp3) is 0.100. The van der Waals surface area contributed by atoms with Crippen LogP contribution in [0.4, 0.5) is 16.2 Å². The molecule has 2 aromatic carbocycles. The quantitative estimate of drug-likeness (QED) is 0.420. The van der Waals surface area contributed by atoms with Crippen LogP contribution < -0.4 is 21.7 Å². The van der Waals surface area contributed by atoms with Crippen LogP contribution in [0, 0.1) is 0 Å². The lowest BCUT2D eigenvalue weighted by Crippen LogP contribution is -2.31. The zero-order chi connectivity index (χ0) is 20.6. The van der Waals surface area contributed by atoms with E-state index >= 15 is 0 Å². The van der Waals surface area contributed by atoms with Gasteiger partial charge in [0.05, 0.1) is 17.5 Å². The molecule has 0 radical (unpaired) electrons. The van der Waals surface area contributed by atoms with Crippen molar-refractivity contribution in [1.29, 1.82) is 0 Å². The Morgan fingerprint density at radius 2 is 1.69 bits per heavy atom. The summed E-state index contributed by atoms with van der Waals surface area (Å²) in [7, 11) is 0. The number of primary amides is 1. The Morgan fingerprint density at radius 1 is 0.966 bits per heavy atom. The number of aromatic amines is 1. The number of hydrogen-bond donors (Lipinski definition) is 5. The van der Waals surface area contributed by atoms with Gasteiger partial charge in [0.25, 0.3) is 5.91 Å². The van der Waals surface area contributed by atoms with Gasteiger partial charge in [-0.25, -0.2) is 4.79 Å². The van der Waals surface area contributed by atoms with Crippen LogP contribution >= 0.6 is 0 Å². The van der Waals surface area contributed by atoms with Gasteiger partial charge in [-0.2, -0.15) is 5.10 Å². The maximum absolute atomic E-state index is 12.7. The van der Waals surface area contributed by atoms with Gasteiger partial charge >= 0.3 is 6.03 Å². The van der Waals surface area contributed by atoms with Gasteiger partial charge in [0.15, 0.2) is 0 Å². The number of nitrogens with zero attached hydrogens (tertiary/aromatic N) is 1. The molecule has 0 saturated heterocycles. The Morgan fingerprint density at radius 3 is 2.41 bits per heavy atom. The Bertz CT molecular complexity index is 1020. The first-order valence-electron chi connectivity index (χ1n) is 8.86. The van der Waals surface area contributed by atoms with E-state index < -0.39 is 11.9 Å². The molecule has 0 unspecified atom stereocenters. The molecule has 0 aliphatic heterocycles. The van der Waals surface area contributed by atoms with E-state index in [1.54, 1.807) is 24.3 Å².